The number of halogens is 3. The summed E-state index contributed by atoms with van der Waals surface area (Å²) < 4.78 is 37.8. The second kappa shape index (κ2) is 25.0. The number of alkyl halides is 3. The van der Waals surface area contributed by atoms with Crippen LogP contribution >= 0.6 is 11.3 Å². The number of carboxylic acids is 1. The first-order valence-electron chi connectivity index (χ1n) is 12.2. The van der Waals surface area contributed by atoms with Crippen LogP contribution in [0.15, 0.2) is 19.2 Å². The molecular weight excluding hydrogens is 499 g/mol. The molecule has 0 amide bonds. The molecule has 0 aromatic carbocycles. The van der Waals surface area contributed by atoms with Crippen LogP contribution in [0.1, 0.15) is 101 Å². The Morgan fingerprint density at radius 1 is 1.16 bits per heavy atom. The molecule has 1 aromatic heterocycles. The number of carbonyl (C=O) groups is 2. The minimum Gasteiger partial charge on any atom is -0.477 e. The van der Waals surface area contributed by atoms with E-state index >= 15 is 0 Å². The lowest BCUT2D eigenvalue weighted by Crippen LogP contribution is -2.30. The molecule has 0 bridgehead atoms. The first-order chi connectivity index (χ1) is 17.3. The Kier molecular flexibility index (Phi) is 27.9. The zero-order valence-electron chi connectivity index (χ0n) is 23.6. The molecule has 1 aromatic rings. The van der Waals surface area contributed by atoms with Crippen molar-refractivity contribution < 1.29 is 27.9 Å². The molecule has 0 radical (unpaired) electrons. The Morgan fingerprint density at radius 2 is 1.65 bits per heavy atom. The maximum absolute atomic E-state index is 12.6. The Bertz CT molecular complexity index is 803. The predicted molar refractivity (Wildman–Crippen MR) is 153 cm³/mol. The third kappa shape index (κ3) is 21.1. The smallest absolute Gasteiger partial charge is 0.404 e. The molecule has 0 aliphatic rings. The molecule has 4 nitrogen and oxygen atoms in total. The fourth-order valence-electron chi connectivity index (χ4n) is 2.22. The number of unbranched alkanes of at least 4 members (excludes halogenated alkanes) is 4. The molecule has 8 heteroatoms. The van der Waals surface area contributed by atoms with Crippen molar-refractivity contribution in [1.29, 1.82) is 0 Å². The molecule has 1 heterocycles. The lowest BCUT2D eigenvalue weighted by Gasteiger charge is -2.20. The Balaban J connectivity index is -0.000000257. The van der Waals surface area contributed by atoms with E-state index in [1.54, 1.807) is 0 Å². The number of rotatable bonds is 9. The highest BCUT2D eigenvalue weighted by molar-refractivity contribution is 7.15. The SMILES string of the molecule is C#C.C=C.CCC.CCCCCCC[C@@H](C)C=O.CNc1cc(C#CC(C)(C)C(F)(F)F)sc1C(=O)O. The van der Waals surface area contributed by atoms with Crippen LogP contribution in [0.2, 0.25) is 0 Å². The third-order valence-electron chi connectivity index (χ3n) is 4.40. The first kappa shape index (κ1) is 41.4. The zero-order valence-corrected chi connectivity index (χ0v) is 24.4. The van der Waals surface area contributed by atoms with Gasteiger partial charge in [0.05, 0.1) is 10.6 Å². The minimum atomic E-state index is -4.43. The summed E-state index contributed by atoms with van der Waals surface area (Å²) in [4.78, 5) is 21.4. The summed E-state index contributed by atoms with van der Waals surface area (Å²) in [6, 6.07) is 1.42. The number of nitrogens with one attached hydrogen (secondary N) is 1. The molecule has 0 spiro atoms. The van der Waals surface area contributed by atoms with E-state index in [9.17, 15) is 22.8 Å². The molecule has 2 N–H and O–H groups in total. The highest BCUT2D eigenvalue weighted by Gasteiger charge is 2.46. The highest BCUT2D eigenvalue weighted by Crippen LogP contribution is 2.37. The van der Waals surface area contributed by atoms with E-state index < -0.39 is 17.6 Å². The van der Waals surface area contributed by atoms with Crippen LogP contribution in [-0.2, 0) is 4.79 Å². The molecule has 0 fully saturated rings. The van der Waals surface area contributed by atoms with Gasteiger partial charge in [0.1, 0.15) is 16.6 Å². The van der Waals surface area contributed by atoms with E-state index in [0.29, 0.717) is 5.69 Å². The van der Waals surface area contributed by atoms with E-state index in [2.05, 4.69) is 63.9 Å². The van der Waals surface area contributed by atoms with Crippen LogP contribution in [-0.4, -0.2) is 30.6 Å². The third-order valence-corrected chi connectivity index (χ3v) is 5.44. The van der Waals surface area contributed by atoms with Gasteiger partial charge in [0.25, 0.3) is 0 Å². The summed E-state index contributed by atoms with van der Waals surface area (Å²) in [6.45, 7) is 16.4. The highest BCUT2D eigenvalue weighted by atomic mass is 32.1. The number of carbonyl (C=O) groups excluding carboxylic acids is 1. The van der Waals surface area contributed by atoms with Crippen LogP contribution in [0.5, 0.6) is 0 Å². The molecule has 37 heavy (non-hydrogen) atoms. The maximum Gasteiger partial charge on any atom is 0.404 e. The number of terminal acetylenes is 1. The fraction of sp³-hybridized carbons (Fsp3) is 0.586. The average molecular weight is 546 g/mol. The molecule has 0 saturated carbocycles. The van der Waals surface area contributed by atoms with Gasteiger partial charge in [-0.3, -0.25) is 0 Å². The summed E-state index contributed by atoms with van der Waals surface area (Å²) in [7, 11) is 1.53. The van der Waals surface area contributed by atoms with Gasteiger partial charge >= 0.3 is 12.1 Å². The van der Waals surface area contributed by atoms with Crippen LogP contribution in [0.25, 0.3) is 0 Å². The van der Waals surface area contributed by atoms with Gasteiger partial charge in [-0.1, -0.05) is 78.1 Å². The Morgan fingerprint density at radius 3 is 2.00 bits per heavy atom. The molecule has 0 unspecified atom stereocenters. The second-order valence-corrected chi connectivity index (χ2v) is 9.36. The maximum atomic E-state index is 12.6. The van der Waals surface area contributed by atoms with Crippen molar-refractivity contribution in [1.82, 2.24) is 0 Å². The summed E-state index contributed by atoms with van der Waals surface area (Å²) in [5, 5.41) is 11.6. The lowest BCUT2D eigenvalue weighted by atomic mass is 9.94. The van der Waals surface area contributed by atoms with Crippen LogP contribution in [0, 0.1) is 36.0 Å². The van der Waals surface area contributed by atoms with Crippen molar-refractivity contribution in [2.24, 2.45) is 11.3 Å². The topological polar surface area (TPSA) is 66.4 Å². The van der Waals surface area contributed by atoms with Gasteiger partial charge in [0.2, 0.25) is 0 Å². The van der Waals surface area contributed by atoms with E-state index in [1.165, 1.54) is 51.6 Å². The van der Waals surface area contributed by atoms with Gasteiger partial charge in [-0.15, -0.1) is 37.3 Å². The molecular formula is C29H46F3NO3S. The van der Waals surface area contributed by atoms with Crippen molar-refractivity contribution in [3.05, 3.63) is 29.0 Å². The molecule has 1 rings (SSSR count). The van der Waals surface area contributed by atoms with Crippen LogP contribution < -0.4 is 5.32 Å². The van der Waals surface area contributed by atoms with E-state index in [1.807, 2.05) is 6.92 Å². The van der Waals surface area contributed by atoms with Gasteiger partial charge in [0, 0.05) is 13.0 Å². The van der Waals surface area contributed by atoms with Crippen molar-refractivity contribution >= 4 is 29.3 Å². The van der Waals surface area contributed by atoms with Crippen LogP contribution in [0.4, 0.5) is 18.9 Å². The first-order valence-corrected chi connectivity index (χ1v) is 13.1. The molecule has 0 aliphatic carbocycles. The number of hydrogen-bond acceptors (Lipinski definition) is 4. The molecule has 0 aliphatic heterocycles. The van der Waals surface area contributed by atoms with Crippen LogP contribution in [0.3, 0.4) is 0 Å². The summed E-state index contributed by atoms with van der Waals surface area (Å²) in [5.74, 6) is 3.65. The van der Waals surface area contributed by atoms with Crippen molar-refractivity contribution in [2.75, 3.05) is 12.4 Å². The normalized spacial score (nSPS) is 10.5. The summed E-state index contributed by atoms with van der Waals surface area (Å²) in [5.41, 5.74) is -1.80. The number of thiophene rings is 1. The monoisotopic (exact) mass is 545 g/mol. The van der Waals surface area contributed by atoms with E-state index in [-0.39, 0.29) is 15.7 Å². The van der Waals surface area contributed by atoms with E-state index in [0.717, 1.165) is 37.9 Å². The fourth-order valence-corrected chi connectivity index (χ4v) is 3.08. The quantitative estimate of drug-likeness (QED) is 0.141. The summed E-state index contributed by atoms with van der Waals surface area (Å²) in [6.07, 6.45) is 13.4. The summed E-state index contributed by atoms with van der Waals surface area (Å²) >= 11 is 0.841. The average Bonchev–Trinajstić information content (AvgIpc) is 3.29. The number of aldehydes is 1. The molecule has 212 valence electrons. The predicted octanol–water partition coefficient (Wildman–Crippen LogP) is 9.08. The van der Waals surface area contributed by atoms with Gasteiger partial charge < -0.3 is 15.2 Å². The second-order valence-electron chi connectivity index (χ2n) is 8.30. The van der Waals surface area contributed by atoms with Gasteiger partial charge in [0.15, 0.2) is 0 Å². The molecule has 0 saturated heterocycles. The van der Waals surface area contributed by atoms with Gasteiger partial charge in [-0.05, 0) is 26.3 Å². The number of carboxylic acid groups (broad SMARTS) is 1. The largest absolute Gasteiger partial charge is 0.477 e. The standard InChI is InChI=1S/C12H12F3NO2S.C10H20O.C3H8.C2H4.C2H2/c1-11(2,12(13,14)15)5-4-7-6-8(16-3)9(19-7)10(17)18;1-3-4-5-6-7-8-10(2)9-11;1-3-2;2*1-2/h6,16H,1-3H3,(H,17,18);9-10H,3-8H2,1-2H3;3H2,1-2H3;1-2H2;1-2H/t;10-;;;/m.1.../s1. The Hall–Kier alpha value is -2.71. The van der Waals surface area contributed by atoms with Crippen molar-refractivity contribution in [3.8, 4) is 24.7 Å². The van der Waals surface area contributed by atoms with Gasteiger partial charge in [-0.25, -0.2) is 4.79 Å². The number of anilines is 1. The zero-order chi connectivity index (χ0) is 30.1. The molecule has 1 atom stereocenters. The lowest BCUT2D eigenvalue weighted by molar-refractivity contribution is -0.190. The van der Waals surface area contributed by atoms with Crippen molar-refractivity contribution in [2.45, 2.75) is 92.7 Å². The van der Waals surface area contributed by atoms with E-state index in [4.69, 9.17) is 5.11 Å². The minimum absolute atomic E-state index is 0.0246. The number of aromatic carboxylic acids is 1. The number of hydrogen-bond donors (Lipinski definition) is 2. The van der Waals surface area contributed by atoms with Crippen molar-refractivity contribution in [3.63, 3.8) is 0 Å². The van der Waals surface area contributed by atoms with Gasteiger partial charge in [-0.2, -0.15) is 13.2 Å². The Labute approximate surface area is 227 Å².